The van der Waals surface area contributed by atoms with Gasteiger partial charge in [-0.1, -0.05) is 23.8 Å². The SMILES string of the molecule is O=C(COc1ccc(Cl)cc1N1C(=O)[C@@H]2[C@H](C1=O)[C@H]1C=C[C@H]2C1)c1ccc(F)cc1. The van der Waals surface area contributed by atoms with Crippen molar-refractivity contribution in [1.29, 1.82) is 0 Å². The molecule has 5 nitrogen and oxygen atoms in total. The Balaban J connectivity index is 1.41. The number of imide groups is 1. The van der Waals surface area contributed by atoms with E-state index in [0.29, 0.717) is 10.6 Å². The van der Waals surface area contributed by atoms with Crippen LogP contribution < -0.4 is 9.64 Å². The molecule has 1 heterocycles. The van der Waals surface area contributed by atoms with E-state index in [4.69, 9.17) is 16.3 Å². The van der Waals surface area contributed by atoms with Crippen molar-refractivity contribution in [2.45, 2.75) is 6.42 Å². The molecular weight excluding hydrogens is 409 g/mol. The zero-order valence-corrected chi connectivity index (χ0v) is 16.5. The molecule has 0 radical (unpaired) electrons. The summed E-state index contributed by atoms with van der Waals surface area (Å²) < 4.78 is 18.7. The highest BCUT2D eigenvalue weighted by atomic mass is 35.5. The summed E-state index contributed by atoms with van der Waals surface area (Å²) in [5, 5.41) is 0.348. The zero-order chi connectivity index (χ0) is 21.0. The lowest BCUT2D eigenvalue weighted by molar-refractivity contribution is -0.123. The van der Waals surface area contributed by atoms with Crippen LogP contribution in [0.4, 0.5) is 10.1 Å². The predicted molar refractivity (Wildman–Crippen MR) is 108 cm³/mol. The molecular formula is C23H17ClFNO4. The molecule has 0 unspecified atom stereocenters. The first-order valence-corrected chi connectivity index (χ1v) is 10.1. The molecule has 7 heteroatoms. The Kier molecular flexibility index (Phi) is 4.47. The number of anilines is 1. The summed E-state index contributed by atoms with van der Waals surface area (Å²) in [7, 11) is 0. The van der Waals surface area contributed by atoms with Crippen LogP contribution in [0.15, 0.2) is 54.6 Å². The van der Waals surface area contributed by atoms with Crippen molar-refractivity contribution in [1.82, 2.24) is 0 Å². The molecule has 2 aromatic carbocycles. The molecule has 2 fully saturated rings. The molecule has 4 atom stereocenters. The number of fused-ring (bicyclic) bond motifs is 5. The van der Waals surface area contributed by atoms with Gasteiger partial charge in [-0.25, -0.2) is 9.29 Å². The number of amides is 2. The molecule has 3 aliphatic rings. The standard InChI is InChI=1S/C23H17ClFNO4/c24-15-5-8-19(30-11-18(27)12-3-6-16(25)7-4-12)17(10-15)26-22(28)20-13-1-2-14(9-13)21(20)23(26)29/h1-8,10,13-14,20-21H,9,11H2/t13-,14-,20-,21+/m0/s1. The average molecular weight is 426 g/mol. The van der Waals surface area contributed by atoms with Crippen molar-refractivity contribution >= 4 is 34.9 Å². The second kappa shape index (κ2) is 7.06. The van der Waals surface area contributed by atoms with Crippen molar-refractivity contribution in [2.24, 2.45) is 23.7 Å². The van der Waals surface area contributed by atoms with Gasteiger partial charge >= 0.3 is 0 Å². The van der Waals surface area contributed by atoms with E-state index < -0.39 is 5.82 Å². The summed E-state index contributed by atoms with van der Waals surface area (Å²) in [5.74, 6) is -1.59. The number of allylic oxidation sites excluding steroid dienone is 2. The molecule has 2 bridgehead atoms. The topological polar surface area (TPSA) is 63.7 Å². The molecule has 2 aliphatic carbocycles. The summed E-state index contributed by atoms with van der Waals surface area (Å²) in [6.45, 7) is -0.323. The Bertz CT molecular complexity index is 1070. The third-order valence-corrected chi connectivity index (χ3v) is 6.39. The number of benzene rings is 2. The number of carbonyl (C=O) groups excluding carboxylic acids is 3. The van der Waals surface area contributed by atoms with E-state index in [1.54, 1.807) is 6.07 Å². The Morgan fingerprint density at radius 1 is 1.03 bits per heavy atom. The number of ether oxygens (including phenoxy) is 1. The van der Waals surface area contributed by atoms with Crippen molar-refractivity contribution < 1.29 is 23.5 Å². The highest BCUT2D eigenvalue weighted by Crippen LogP contribution is 2.54. The Hall–Kier alpha value is -2.99. The van der Waals surface area contributed by atoms with E-state index in [9.17, 15) is 18.8 Å². The van der Waals surface area contributed by atoms with E-state index >= 15 is 0 Å². The lowest BCUT2D eigenvalue weighted by Crippen LogP contribution is -2.33. The van der Waals surface area contributed by atoms with Gasteiger partial charge in [0.2, 0.25) is 11.8 Å². The third-order valence-electron chi connectivity index (χ3n) is 6.16. The molecule has 5 rings (SSSR count). The Morgan fingerprint density at radius 2 is 1.67 bits per heavy atom. The zero-order valence-electron chi connectivity index (χ0n) is 15.8. The number of hydrogen-bond donors (Lipinski definition) is 0. The number of ketones is 1. The number of rotatable bonds is 5. The van der Waals surface area contributed by atoms with Gasteiger partial charge in [0.25, 0.3) is 0 Å². The first kappa shape index (κ1) is 19.0. The second-order valence-electron chi connectivity index (χ2n) is 7.84. The van der Waals surface area contributed by atoms with E-state index in [0.717, 1.165) is 11.3 Å². The van der Waals surface area contributed by atoms with Gasteiger partial charge in [0.1, 0.15) is 11.6 Å². The smallest absolute Gasteiger partial charge is 0.238 e. The van der Waals surface area contributed by atoms with Crippen LogP contribution in [0.5, 0.6) is 5.75 Å². The van der Waals surface area contributed by atoms with Crippen LogP contribution in [0, 0.1) is 29.5 Å². The highest BCUT2D eigenvalue weighted by molar-refractivity contribution is 6.31. The van der Waals surface area contributed by atoms with Gasteiger partial charge in [0, 0.05) is 10.6 Å². The van der Waals surface area contributed by atoms with Crippen molar-refractivity contribution in [2.75, 3.05) is 11.5 Å². The highest BCUT2D eigenvalue weighted by Gasteiger charge is 2.59. The fourth-order valence-electron chi connectivity index (χ4n) is 4.79. The van der Waals surface area contributed by atoms with Crippen LogP contribution in [0.1, 0.15) is 16.8 Å². The van der Waals surface area contributed by atoms with Gasteiger partial charge in [-0.2, -0.15) is 0 Å². The molecule has 152 valence electrons. The molecule has 0 aromatic heterocycles. The van der Waals surface area contributed by atoms with E-state index in [2.05, 4.69) is 0 Å². The predicted octanol–water partition coefficient (Wildman–Crippen LogP) is 4.05. The number of Topliss-reactive ketones (excluding diaryl/α,β-unsaturated/α-hetero) is 1. The fourth-order valence-corrected chi connectivity index (χ4v) is 4.96. The van der Waals surface area contributed by atoms with Crippen LogP contribution in [-0.2, 0) is 9.59 Å². The van der Waals surface area contributed by atoms with Gasteiger partial charge < -0.3 is 4.74 Å². The maximum absolute atomic E-state index is 13.1. The van der Waals surface area contributed by atoms with Crippen LogP contribution in [0.25, 0.3) is 0 Å². The number of hydrogen-bond acceptors (Lipinski definition) is 4. The molecule has 0 N–H and O–H groups in total. The second-order valence-corrected chi connectivity index (χ2v) is 8.28. The molecule has 1 saturated heterocycles. The normalized spacial score (nSPS) is 26.4. The van der Waals surface area contributed by atoms with Crippen LogP contribution >= 0.6 is 11.6 Å². The van der Waals surface area contributed by atoms with Crippen molar-refractivity contribution in [3.05, 3.63) is 71.0 Å². The van der Waals surface area contributed by atoms with E-state index in [-0.39, 0.29) is 59.3 Å². The van der Waals surface area contributed by atoms with Gasteiger partial charge in [0.05, 0.1) is 17.5 Å². The van der Waals surface area contributed by atoms with Gasteiger partial charge in [-0.3, -0.25) is 14.4 Å². The molecule has 1 aliphatic heterocycles. The summed E-state index contributed by atoms with van der Waals surface area (Å²) in [4.78, 5) is 39.8. The van der Waals surface area contributed by atoms with Gasteiger partial charge in [-0.05, 0) is 60.7 Å². The van der Waals surface area contributed by atoms with E-state index in [1.165, 1.54) is 36.4 Å². The molecule has 2 amide bonds. The fraction of sp³-hybridized carbons (Fsp3) is 0.261. The largest absolute Gasteiger partial charge is 0.483 e. The van der Waals surface area contributed by atoms with Crippen LogP contribution in [-0.4, -0.2) is 24.2 Å². The van der Waals surface area contributed by atoms with Crippen LogP contribution in [0.3, 0.4) is 0 Å². The first-order valence-electron chi connectivity index (χ1n) is 9.71. The summed E-state index contributed by atoms with van der Waals surface area (Å²) in [5.41, 5.74) is 0.552. The maximum atomic E-state index is 13.1. The quantitative estimate of drug-likeness (QED) is 0.412. The minimum Gasteiger partial charge on any atom is -0.483 e. The molecule has 30 heavy (non-hydrogen) atoms. The number of halogens is 2. The summed E-state index contributed by atoms with van der Waals surface area (Å²) in [6, 6.07) is 9.76. The first-order chi connectivity index (χ1) is 14.4. The average Bonchev–Trinajstić information content (AvgIpc) is 3.41. The number of nitrogens with zero attached hydrogens (tertiary/aromatic N) is 1. The monoisotopic (exact) mass is 425 g/mol. The van der Waals surface area contributed by atoms with E-state index in [1.807, 2.05) is 12.2 Å². The lowest BCUT2D eigenvalue weighted by atomic mass is 9.85. The minimum atomic E-state index is -0.437. The summed E-state index contributed by atoms with van der Waals surface area (Å²) in [6.07, 6.45) is 4.89. The summed E-state index contributed by atoms with van der Waals surface area (Å²) >= 11 is 6.13. The van der Waals surface area contributed by atoms with Crippen LogP contribution in [0.2, 0.25) is 5.02 Å². The van der Waals surface area contributed by atoms with Gasteiger partial charge in [0.15, 0.2) is 12.4 Å². The lowest BCUT2D eigenvalue weighted by Gasteiger charge is -2.21. The van der Waals surface area contributed by atoms with Crippen molar-refractivity contribution in [3.63, 3.8) is 0 Å². The molecule has 1 saturated carbocycles. The Labute approximate surface area is 177 Å². The van der Waals surface area contributed by atoms with Crippen molar-refractivity contribution in [3.8, 4) is 5.75 Å². The Morgan fingerprint density at radius 3 is 2.30 bits per heavy atom. The molecule has 2 aromatic rings. The number of carbonyl (C=O) groups is 3. The molecule has 0 spiro atoms. The maximum Gasteiger partial charge on any atom is 0.238 e. The third kappa shape index (κ3) is 2.94. The minimum absolute atomic E-state index is 0.0880. The van der Waals surface area contributed by atoms with Gasteiger partial charge in [-0.15, -0.1) is 0 Å².